The molecule has 0 atom stereocenters. The number of hydrogen-bond acceptors (Lipinski definition) is 6. The van der Waals surface area contributed by atoms with E-state index in [4.69, 9.17) is 31.6 Å². The van der Waals surface area contributed by atoms with E-state index in [0.717, 1.165) is 12.2 Å². The largest absolute Gasteiger partial charge is 0.192 e. The summed E-state index contributed by atoms with van der Waals surface area (Å²) in [7, 11) is 0. The zero-order valence-corrected chi connectivity index (χ0v) is 9.84. The van der Waals surface area contributed by atoms with Gasteiger partial charge in [0.25, 0.3) is 0 Å². The van der Waals surface area contributed by atoms with Crippen LogP contribution in [0.4, 0.5) is 0 Å². The summed E-state index contributed by atoms with van der Waals surface area (Å²) in [5.41, 5.74) is -1.49. The maximum absolute atomic E-state index is 9.08. The second-order valence-corrected chi connectivity index (χ2v) is 3.37. The maximum atomic E-state index is 9.08. The molecular formula is C14H2N6. The van der Waals surface area contributed by atoms with Gasteiger partial charge in [-0.15, -0.1) is 0 Å². The SMILES string of the molecule is N#CC1=C(C#N)/C(C#N)=C(C#N)\C(C#N)=C/C(C#N)=C\1. The van der Waals surface area contributed by atoms with Gasteiger partial charge >= 0.3 is 0 Å². The molecule has 0 saturated carbocycles. The van der Waals surface area contributed by atoms with Crippen LogP contribution in [0.15, 0.2) is 45.6 Å². The van der Waals surface area contributed by atoms with Crippen LogP contribution in [-0.2, 0) is 0 Å². The van der Waals surface area contributed by atoms with Crippen molar-refractivity contribution in [3.8, 4) is 36.4 Å². The summed E-state index contributed by atoms with van der Waals surface area (Å²) >= 11 is 0. The number of hydrogen-bond donors (Lipinski definition) is 0. The average molecular weight is 254 g/mol. The molecule has 0 unspecified atom stereocenters. The van der Waals surface area contributed by atoms with Gasteiger partial charge < -0.3 is 0 Å². The topological polar surface area (TPSA) is 143 Å². The average Bonchev–Trinajstić information content (AvgIpc) is 2.47. The van der Waals surface area contributed by atoms with Gasteiger partial charge in [0.05, 0.1) is 39.5 Å². The summed E-state index contributed by atoms with van der Waals surface area (Å²) in [4.78, 5) is 0. The smallest absolute Gasteiger partial charge is 0.102 e. The molecule has 0 saturated heterocycles. The summed E-state index contributed by atoms with van der Waals surface area (Å²) < 4.78 is 0. The molecule has 0 bridgehead atoms. The first-order valence-electron chi connectivity index (χ1n) is 5.00. The third kappa shape index (κ3) is 2.27. The highest BCUT2D eigenvalue weighted by Gasteiger charge is 2.21. The van der Waals surface area contributed by atoms with Crippen LogP contribution in [-0.4, -0.2) is 0 Å². The third-order valence-corrected chi connectivity index (χ3v) is 2.34. The normalized spacial score (nSPS) is 26.3. The van der Waals surface area contributed by atoms with Gasteiger partial charge in [0.2, 0.25) is 0 Å². The van der Waals surface area contributed by atoms with Gasteiger partial charge in [-0.05, 0) is 12.2 Å². The van der Waals surface area contributed by atoms with Crippen LogP contribution in [0.25, 0.3) is 0 Å². The van der Waals surface area contributed by atoms with Crippen LogP contribution in [0.1, 0.15) is 0 Å². The molecule has 1 rings (SSSR count). The predicted molar refractivity (Wildman–Crippen MR) is 63.9 cm³/mol. The second-order valence-electron chi connectivity index (χ2n) is 3.37. The Morgan fingerprint density at radius 1 is 0.550 bits per heavy atom. The Hall–Kier alpha value is -4.10. The van der Waals surface area contributed by atoms with Crippen molar-refractivity contribution in [3.05, 3.63) is 45.6 Å². The molecule has 6 nitrogen and oxygen atoms in total. The molecule has 0 amide bonds. The van der Waals surface area contributed by atoms with Crippen LogP contribution < -0.4 is 0 Å². The minimum absolute atomic E-state index is 0.0596. The Labute approximate surface area is 114 Å². The fraction of sp³-hybridized carbons (Fsp3) is 0. The number of allylic oxidation sites excluding steroid dienone is 8. The number of nitriles is 6. The van der Waals surface area contributed by atoms with E-state index < -0.39 is 0 Å². The van der Waals surface area contributed by atoms with Crippen molar-refractivity contribution < 1.29 is 0 Å². The lowest BCUT2D eigenvalue weighted by atomic mass is 9.90. The van der Waals surface area contributed by atoms with Crippen molar-refractivity contribution in [2.24, 2.45) is 0 Å². The molecule has 1 aliphatic carbocycles. The fourth-order valence-electron chi connectivity index (χ4n) is 1.48. The molecule has 0 spiro atoms. The van der Waals surface area contributed by atoms with E-state index >= 15 is 0 Å². The van der Waals surface area contributed by atoms with E-state index in [0.29, 0.717) is 0 Å². The lowest BCUT2D eigenvalue weighted by molar-refractivity contribution is 1.33. The van der Waals surface area contributed by atoms with E-state index in [-0.39, 0.29) is 33.4 Å². The first-order chi connectivity index (χ1) is 9.66. The van der Waals surface area contributed by atoms with Crippen molar-refractivity contribution in [2.75, 3.05) is 0 Å². The zero-order valence-electron chi connectivity index (χ0n) is 9.84. The first-order valence-corrected chi connectivity index (χ1v) is 5.00. The zero-order chi connectivity index (χ0) is 15.1. The molecule has 1 aliphatic rings. The van der Waals surface area contributed by atoms with Gasteiger partial charge in [-0.25, -0.2) is 0 Å². The molecule has 0 heterocycles. The van der Waals surface area contributed by atoms with E-state index in [1.54, 1.807) is 36.4 Å². The lowest BCUT2D eigenvalue weighted by Crippen LogP contribution is -2.00. The molecule has 88 valence electrons. The number of nitrogens with zero attached hydrogens (tertiary/aromatic N) is 6. The summed E-state index contributed by atoms with van der Waals surface area (Å²) in [5.74, 6) is 0. The highest BCUT2D eigenvalue weighted by molar-refractivity contribution is 5.71. The van der Waals surface area contributed by atoms with Crippen LogP contribution in [0, 0.1) is 68.0 Å². The summed E-state index contributed by atoms with van der Waals surface area (Å²) in [5, 5.41) is 54.2. The van der Waals surface area contributed by atoms with E-state index in [1.807, 2.05) is 0 Å². The van der Waals surface area contributed by atoms with Gasteiger partial charge in [-0.2, -0.15) is 31.6 Å². The van der Waals surface area contributed by atoms with E-state index in [1.165, 1.54) is 0 Å². The Morgan fingerprint density at radius 3 is 1.55 bits per heavy atom. The Bertz CT molecular complexity index is 831. The van der Waals surface area contributed by atoms with Gasteiger partial charge in [0.1, 0.15) is 30.3 Å². The van der Waals surface area contributed by atoms with Crippen LogP contribution in [0.2, 0.25) is 0 Å². The second kappa shape index (κ2) is 6.00. The predicted octanol–water partition coefficient (Wildman–Crippen LogP) is 1.59. The maximum Gasteiger partial charge on any atom is 0.102 e. The number of rotatable bonds is 0. The molecule has 0 aromatic carbocycles. The molecule has 0 N–H and O–H groups in total. The highest BCUT2D eigenvalue weighted by atomic mass is 14.4. The van der Waals surface area contributed by atoms with Gasteiger partial charge in [-0.3, -0.25) is 0 Å². The standard InChI is InChI=1S/C14H2N6/c15-3-9-1-10(4-16)12(6-18)14(8-20)13(7-19)11(2-9)5-17/h1-2H/b9-1+,9-2?,10-1?,11-2-,12-10+,13-11?,14-12?,14-13-. The van der Waals surface area contributed by atoms with E-state index in [2.05, 4.69) is 0 Å². The van der Waals surface area contributed by atoms with Crippen molar-refractivity contribution in [3.63, 3.8) is 0 Å². The molecule has 0 aromatic heterocycles. The third-order valence-electron chi connectivity index (χ3n) is 2.34. The Kier molecular flexibility index (Phi) is 4.19. The molecule has 0 aliphatic heterocycles. The summed E-state index contributed by atoms with van der Waals surface area (Å²) in [6.45, 7) is 0. The quantitative estimate of drug-likeness (QED) is 0.641. The van der Waals surface area contributed by atoms with Crippen molar-refractivity contribution in [2.45, 2.75) is 0 Å². The first kappa shape index (κ1) is 14.0. The highest BCUT2D eigenvalue weighted by Crippen LogP contribution is 2.26. The van der Waals surface area contributed by atoms with Crippen molar-refractivity contribution >= 4 is 0 Å². The molecule has 6 heteroatoms. The molecule has 0 aromatic rings. The van der Waals surface area contributed by atoms with Crippen molar-refractivity contribution in [1.29, 1.82) is 31.6 Å². The Balaban J connectivity index is 3.99. The van der Waals surface area contributed by atoms with Crippen LogP contribution in [0.5, 0.6) is 0 Å². The molecule has 20 heavy (non-hydrogen) atoms. The monoisotopic (exact) mass is 254 g/mol. The summed E-state index contributed by atoms with van der Waals surface area (Å²) in [6, 6.07) is 10.1. The van der Waals surface area contributed by atoms with E-state index in [9.17, 15) is 0 Å². The van der Waals surface area contributed by atoms with Crippen molar-refractivity contribution in [1.82, 2.24) is 0 Å². The Morgan fingerprint density at radius 2 is 1.15 bits per heavy atom. The lowest BCUT2D eigenvalue weighted by Gasteiger charge is -2.05. The molecule has 0 radical (unpaired) electrons. The minimum atomic E-state index is -0.354. The molecule has 0 fully saturated rings. The fourth-order valence-corrected chi connectivity index (χ4v) is 1.48. The van der Waals surface area contributed by atoms with Crippen LogP contribution >= 0.6 is 0 Å². The van der Waals surface area contributed by atoms with Gasteiger partial charge in [0, 0.05) is 0 Å². The summed E-state index contributed by atoms with van der Waals surface area (Å²) in [6.07, 6.45) is 2.20. The van der Waals surface area contributed by atoms with Gasteiger partial charge in [-0.1, -0.05) is 0 Å². The van der Waals surface area contributed by atoms with Gasteiger partial charge in [0.15, 0.2) is 0 Å². The minimum Gasteiger partial charge on any atom is -0.192 e. The molecular weight excluding hydrogens is 252 g/mol. The van der Waals surface area contributed by atoms with Crippen LogP contribution in [0.3, 0.4) is 0 Å².